The van der Waals surface area contributed by atoms with Gasteiger partial charge in [0.2, 0.25) is 0 Å². The van der Waals surface area contributed by atoms with Crippen LogP contribution in [-0.2, 0) is 4.74 Å². The molecule has 3 heteroatoms. The molecule has 0 bridgehead atoms. The molecule has 1 N–H and O–H groups in total. The lowest BCUT2D eigenvalue weighted by Crippen LogP contribution is -2.32. The molecule has 21 heavy (non-hydrogen) atoms. The number of benzene rings is 1. The van der Waals surface area contributed by atoms with E-state index in [-0.39, 0.29) is 6.10 Å². The van der Waals surface area contributed by atoms with E-state index in [0.717, 1.165) is 17.5 Å². The summed E-state index contributed by atoms with van der Waals surface area (Å²) >= 11 is 6.00. The Labute approximate surface area is 134 Å². The predicted octanol–water partition coefficient (Wildman–Crippen LogP) is 4.97. The van der Waals surface area contributed by atoms with Crippen LogP contribution in [-0.4, -0.2) is 18.7 Å². The highest BCUT2D eigenvalue weighted by Gasteiger charge is 2.23. The molecule has 1 aliphatic rings. The van der Waals surface area contributed by atoms with Crippen LogP contribution in [0, 0.1) is 5.92 Å². The Balaban J connectivity index is 1.99. The molecule has 1 unspecified atom stereocenters. The van der Waals surface area contributed by atoms with Crippen molar-refractivity contribution in [3.8, 4) is 0 Å². The minimum Gasteiger partial charge on any atom is -0.369 e. The van der Waals surface area contributed by atoms with Crippen molar-refractivity contribution >= 4 is 11.6 Å². The SMILES string of the molecule is CC1CCC(OC(CNC(C)C)c2ccc(Cl)cc2)CC1. The number of halogens is 1. The van der Waals surface area contributed by atoms with Gasteiger partial charge < -0.3 is 10.1 Å². The van der Waals surface area contributed by atoms with E-state index >= 15 is 0 Å². The summed E-state index contributed by atoms with van der Waals surface area (Å²) in [5.41, 5.74) is 1.21. The van der Waals surface area contributed by atoms with E-state index in [1.807, 2.05) is 12.1 Å². The highest BCUT2D eigenvalue weighted by atomic mass is 35.5. The number of hydrogen-bond acceptors (Lipinski definition) is 2. The van der Waals surface area contributed by atoms with Crippen LogP contribution >= 0.6 is 11.6 Å². The van der Waals surface area contributed by atoms with Crippen molar-refractivity contribution in [2.45, 2.75) is 64.7 Å². The Morgan fingerprint density at radius 2 is 1.76 bits per heavy atom. The van der Waals surface area contributed by atoms with Crippen LogP contribution in [0.5, 0.6) is 0 Å². The van der Waals surface area contributed by atoms with E-state index in [1.54, 1.807) is 0 Å². The van der Waals surface area contributed by atoms with E-state index in [9.17, 15) is 0 Å². The second-order valence-corrected chi connectivity index (χ2v) is 7.06. The number of rotatable bonds is 6. The highest BCUT2D eigenvalue weighted by molar-refractivity contribution is 6.30. The maximum atomic E-state index is 6.41. The fourth-order valence-electron chi connectivity index (χ4n) is 2.86. The van der Waals surface area contributed by atoms with E-state index in [4.69, 9.17) is 16.3 Å². The number of ether oxygens (including phenoxy) is 1. The lowest BCUT2D eigenvalue weighted by molar-refractivity contribution is -0.0369. The zero-order valence-electron chi connectivity index (χ0n) is 13.4. The van der Waals surface area contributed by atoms with Gasteiger partial charge in [0.1, 0.15) is 0 Å². The summed E-state index contributed by atoms with van der Waals surface area (Å²) in [6.07, 6.45) is 5.46. The Morgan fingerprint density at radius 1 is 1.14 bits per heavy atom. The molecule has 2 rings (SSSR count). The van der Waals surface area contributed by atoms with Gasteiger partial charge in [-0.05, 0) is 49.3 Å². The molecule has 1 fully saturated rings. The first-order chi connectivity index (χ1) is 10.0. The molecule has 118 valence electrons. The van der Waals surface area contributed by atoms with Crippen molar-refractivity contribution in [1.29, 1.82) is 0 Å². The second-order valence-electron chi connectivity index (χ2n) is 6.62. The Kier molecular flexibility index (Phi) is 6.53. The second kappa shape index (κ2) is 8.17. The maximum Gasteiger partial charge on any atom is 0.0953 e. The van der Waals surface area contributed by atoms with Gasteiger partial charge in [0.05, 0.1) is 12.2 Å². The van der Waals surface area contributed by atoms with Crippen LogP contribution in [0.3, 0.4) is 0 Å². The van der Waals surface area contributed by atoms with Crippen LogP contribution in [0.2, 0.25) is 5.02 Å². The molecule has 2 nitrogen and oxygen atoms in total. The van der Waals surface area contributed by atoms with Crippen LogP contribution in [0.15, 0.2) is 24.3 Å². The first kappa shape index (κ1) is 16.8. The van der Waals surface area contributed by atoms with E-state index in [2.05, 4.69) is 38.2 Å². The predicted molar refractivity (Wildman–Crippen MR) is 89.8 cm³/mol. The average Bonchev–Trinajstić information content (AvgIpc) is 2.46. The summed E-state index contributed by atoms with van der Waals surface area (Å²) in [5, 5.41) is 4.28. The van der Waals surface area contributed by atoms with Gasteiger partial charge >= 0.3 is 0 Å². The topological polar surface area (TPSA) is 21.3 Å². The molecule has 0 aliphatic heterocycles. The quantitative estimate of drug-likeness (QED) is 0.800. The third kappa shape index (κ3) is 5.61. The minimum atomic E-state index is 0.114. The molecular weight excluding hydrogens is 282 g/mol. The summed E-state index contributed by atoms with van der Waals surface area (Å²) in [7, 11) is 0. The Morgan fingerprint density at radius 3 is 2.33 bits per heavy atom. The Bertz CT molecular complexity index is 410. The van der Waals surface area contributed by atoms with Gasteiger partial charge in [-0.25, -0.2) is 0 Å². The summed E-state index contributed by atoms with van der Waals surface area (Å²) in [6.45, 7) is 7.53. The van der Waals surface area contributed by atoms with Gasteiger partial charge in [-0.2, -0.15) is 0 Å². The summed E-state index contributed by atoms with van der Waals surface area (Å²) in [5.74, 6) is 0.854. The maximum absolute atomic E-state index is 6.41. The molecule has 0 amide bonds. The van der Waals surface area contributed by atoms with Gasteiger partial charge in [-0.3, -0.25) is 0 Å². The monoisotopic (exact) mass is 309 g/mol. The van der Waals surface area contributed by atoms with E-state index in [0.29, 0.717) is 12.1 Å². The molecule has 0 heterocycles. The fourth-order valence-corrected chi connectivity index (χ4v) is 2.99. The van der Waals surface area contributed by atoms with E-state index < -0.39 is 0 Å². The van der Waals surface area contributed by atoms with Crippen molar-refractivity contribution < 1.29 is 4.74 Å². The molecule has 1 aromatic carbocycles. The normalized spacial score (nSPS) is 24.2. The smallest absolute Gasteiger partial charge is 0.0953 e. The molecule has 0 spiro atoms. The minimum absolute atomic E-state index is 0.114. The van der Waals surface area contributed by atoms with E-state index in [1.165, 1.54) is 31.2 Å². The third-order valence-corrected chi connectivity index (χ3v) is 4.52. The highest BCUT2D eigenvalue weighted by Crippen LogP contribution is 2.30. The van der Waals surface area contributed by atoms with Crippen molar-refractivity contribution in [2.24, 2.45) is 5.92 Å². The number of hydrogen-bond donors (Lipinski definition) is 1. The van der Waals surface area contributed by atoms with Crippen molar-refractivity contribution in [3.63, 3.8) is 0 Å². The summed E-state index contributed by atoms with van der Waals surface area (Å²) in [6, 6.07) is 8.53. The first-order valence-corrected chi connectivity index (χ1v) is 8.56. The molecular formula is C18H28ClNO. The molecule has 1 saturated carbocycles. The van der Waals surface area contributed by atoms with Crippen molar-refractivity contribution in [3.05, 3.63) is 34.9 Å². The average molecular weight is 310 g/mol. The van der Waals surface area contributed by atoms with Gasteiger partial charge in [-0.15, -0.1) is 0 Å². The van der Waals surface area contributed by atoms with Crippen molar-refractivity contribution in [2.75, 3.05) is 6.54 Å². The van der Waals surface area contributed by atoms with Crippen molar-refractivity contribution in [1.82, 2.24) is 5.32 Å². The van der Waals surface area contributed by atoms with Gasteiger partial charge in [-0.1, -0.05) is 44.5 Å². The molecule has 0 radical (unpaired) electrons. The standard InChI is InChI=1S/C18H28ClNO/c1-13(2)20-12-18(15-6-8-16(19)9-7-15)21-17-10-4-14(3)5-11-17/h6-9,13-14,17-18,20H,4-5,10-12H2,1-3H3. The molecule has 1 aromatic rings. The molecule has 0 aromatic heterocycles. The molecule has 1 aliphatic carbocycles. The number of nitrogens with one attached hydrogen (secondary N) is 1. The molecule has 0 saturated heterocycles. The van der Waals surface area contributed by atoms with Gasteiger partial charge in [0.15, 0.2) is 0 Å². The van der Waals surface area contributed by atoms with Crippen LogP contribution < -0.4 is 5.32 Å². The summed E-state index contributed by atoms with van der Waals surface area (Å²) < 4.78 is 6.41. The zero-order chi connectivity index (χ0) is 15.2. The van der Waals surface area contributed by atoms with Crippen LogP contribution in [0.1, 0.15) is 58.1 Å². The van der Waals surface area contributed by atoms with Crippen LogP contribution in [0.25, 0.3) is 0 Å². The summed E-state index contributed by atoms with van der Waals surface area (Å²) in [4.78, 5) is 0. The zero-order valence-corrected chi connectivity index (χ0v) is 14.2. The third-order valence-electron chi connectivity index (χ3n) is 4.27. The fraction of sp³-hybridized carbons (Fsp3) is 0.667. The Hall–Kier alpha value is -0.570. The molecule has 1 atom stereocenters. The van der Waals surface area contributed by atoms with Gasteiger partial charge in [0, 0.05) is 17.6 Å². The van der Waals surface area contributed by atoms with Crippen LogP contribution in [0.4, 0.5) is 0 Å². The lowest BCUT2D eigenvalue weighted by atomic mass is 9.89. The lowest BCUT2D eigenvalue weighted by Gasteiger charge is -2.31. The van der Waals surface area contributed by atoms with Gasteiger partial charge in [0.25, 0.3) is 0 Å². The largest absolute Gasteiger partial charge is 0.369 e. The first-order valence-electron chi connectivity index (χ1n) is 8.19.